The number of hydrogen-bond donors (Lipinski definition) is 1. The highest BCUT2D eigenvalue weighted by Gasteiger charge is 2.12. The number of carbonyl (C=O) groups is 1. The summed E-state index contributed by atoms with van der Waals surface area (Å²) in [5.41, 5.74) is 0. The van der Waals surface area contributed by atoms with Crippen LogP contribution in [0.4, 0.5) is 0 Å². The van der Waals surface area contributed by atoms with Gasteiger partial charge in [0.05, 0.1) is 0 Å². The van der Waals surface area contributed by atoms with Crippen molar-refractivity contribution in [1.82, 2.24) is 5.32 Å². The molecule has 1 amide bonds. The van der Waals surface area contributed by atoms with Gasteiger partial charge >= 0.3 is 0 Å². The van der Waals surface area contributed by atoms with Crippen molar-refractivity contribution in [2.45, 2.75) is 57.8 Å². The summed E-state index contributed by atoms with van der Waals surface area (Å²) in [6, 6.07) is 0. The molecule has 1 rings (SSSR count). The number of rotatable bonds is 6. The number of terminal acetylenes is 1. The van der Waals surface area contributed by atoms with Gasteiger partial charge in [-0.3, -0.25) is 4.79 Å². The topological polar surface area (TPSA) is 29.1 Å². The molecule has 0 bridgehead atoms. The van der Waals surface area contributed by atoms with E-state index in [0.717, 1.165) is 18.9 Å². The average molecular weight is 221 g/mol. The lowest BCUT2D eigenvalue weighted by atomic mass is 9.86. The third kappa shape index (κ3) is 5.80. The van der Waals surface area contributed by atoms with Crippen LogP contribution in [-0.2, 0) is 4.79 Å². The molecule has 1 N–H and O–H groups in total. The first-order valence-electron chi connectivity index (χ1n) is 6.53. The molecule has 1 saturated carbocycles. The molecule has 0 saturated heterocycles. The lowest BCUT2D eigenvalue weighted by molar-refractivity contribution is -0.121. The normalized spacial score (nSPS) is 16.7. The largest absolute Gasteiger partial charge is 0.356 e. The third-order valence-corrected chi connectivity index (χ3v) is 3.33. The molecule has 16 heavy (non-hydrogen) atoms. The van der Waals surface area contributed by atoms with Crippen LogP contribution in [0.3, 0.4) is 0 Å². The van der Waals surface area contributed by atoms with E-state index in [4.69, 9.17) is 6.42 Å². The molecule has 0 atom stereocenters. The van der Waals surface area contributed by atoms with Crippen molar-refractivity contribution in [3.63, 3.8) is 0 Å². The molecular formula is C14H23NO. The smallest absolute Gasteiger partial charge is 0.220 e. The van der Waals surface area contributed by atoms with Gasteiger partial charge in [0.25, 0.3) is 0 Å². The van der Waals surface area contributed by atoms with Gasteiger partial charge in [0.2, 0.25) is 5.91 Å². The SMILES string of the molecule is C#CCCC(=O)NCCCC1CCCCC1. The lowest BCUT2D eigenvalue weighted by Crippen LogP contribution is -2.24. The van der Waals surface area contributed by atoms with Gasteiger partial charge in [-0.2, -0.15) is 0 Å². The van der Waals surface area contributed by atoms with E-state index in [1.807, 2.05) is 0 Å². The van der Waals surface area contributed by atoms with Gasteiger partial charge in [-0.15, -0.1) is 12.3 Å². The highest BCUT2D eigenvalue weighted by atomic mass is 16.1. The molecule has 2 heteroatoms. The number of hydrogen-bond acceptors (Lipinski definition) is 1. The quantitative estimate of drug-likeness (QED) is 0.542. The number of amides is 1. The average Bonchev–Trinajstić information content (AvgIpc) is 2.33. The molecule has 0 aromatic carbocycles. The lowest BCUT2D eigenvalue weighted by Gasteiger charge is -2.21. The first-order chi connectivity index (χ1) is 7.83. The van der Waals surface area contributed by atoms with Crippen LogP contribution < -0.4 is 5.32 Å². The second-order valence-corrected chi connectivity index (χ2v) is 4.70. The zero-order valence-corrected chi connectivity index (χ0v) is 10.1. The molecule has 0 spiro atoms. The first-order valence-corrected chi connectivity index (χ1v) is 6.53. The molecule has 0 unspecified atom stereocenters. The van der Waals surface area contributed by atoms with E-state index < -0.39 is 0 Å². The van der Waals surface area contributed by atoms with Crippen LogP contribution in [0.1, 0.15) is 57.8 Å². The Hall–Kier alpha value is -0.970. The maximum atomic E-state index is 11.2. The Kier molecular flexibility index (Phi) is 6.72. The predicted octanol–water partition coefficient (Wildman–Crippen LogP) is 2.88. The zero-order chi connectivity index (χ0) is 11.6. The molecule has 90 valence electrons. The molecule has 0 heterocycles. The van der Waals surface area contributed by atoms with E-state index in [9.17, 15) is 4.79 Å². The summed E-state index contributed by atoms with van der Waals surface area (Å²) in [4.78, 5) is 11.2. The molecule has 2 nitrogen and oxygen atoms in total. The highest BCUT2D eigenvalue weighted by Crippen LogP contribution is 2.26. The van der Waals surface area contributed by atoms with Crippen LogP contribution in [0.5, 0.6) is 0 Å². The molecule has 1 fully saturated rings. The Morgan fingerprint density at radius 3 is 2.75 bits per heavy atom. The third-order valence-electron chi connectivity index (χ3n) is 3.33. The second-order valence-electron chi connectivity index (χ2n) is 4.70. The van der Waals surface area contributed by atoms with E-state index in [-0.39, 0.29) is 5.91 Å². The van der Waals surface area contributed by atoms with Crippen molar-refractivity contribution in [3.05, 3.63) is 0 Å². The summed E-state index contributed by atoms with van der Waals surface area (Å²) in [6.45, 7) is 0.819. The van der Waals surface area contributed by atoms with Gasteiger partial charge in [-0.05, 0) is 18.8 Å². The summed E-state index contributed by atoms with van der Waals surface area (Å²) < 4.78 is 0. The monoisotopic (exact) mass is 221 g/mol. The van der Waals surface area contributed by atoms with Gasteiger partial charge in [-0.25, -0.2) is 0 Å². The van der Waals surface area contributed by atoms with Crippen molar-refractivity contribution in [2.75, 3.05) is 6.54 Å². The summed E-state index contributed by atoms with van der Waals surface area (Å²) in [5.74, 6) is 3.49. The van der Waals surface area contributed by atoms with Gasteiger partial charge in [0.15, 0.2) is 0 Å². The first kappa shape index (κ1) is 13.1. The summed E-state index contributed by atoms with van der Waals surface area (Å²) in [6.07, 6.45) is 15.5. The Labute approximate surface area is 99.2 Å². The van der Waals surface area contributed by atoms with E-state index in [1.54, 1.807) is 0 Å². The highest BCUT2D eigenvalue weighted by molar-refractivity contribution is 5.76. The Morgan fingerprint density at radius 2 is 2.06 bits per heavy atom. The Bertz CT molecular complexity index is 236. The van der Waals surface area contributed by atoms with Gasteiger partial charge < -0.3 is 5.32 Å². The predicted molar refractivity (Wildman–Crippen MR) is 66.9 cm³/mol. The van der Waals surface area contributed by atoms with E-state index in [1.165, 1.54) is 38.5 Å². The standard InChI is InChI=1S/C14H23NO/c1-2-3-11-14(16)15-12-7-10-13-8-5-4-6-9-13/h1,13H,3-12H2,(H,15,16). The van der Waals surface area contributed by atoms with Crippen LogP contribution in [0.2, 0.25) is 0 Å². The van der Waals surface area contributed by atoms with Crippen LogP contribution in [0.25, 0.3) is 0 Å². The van der Waals surface area contributed by atoms with Crippen molar-refractivity contribution < 1.29 is 4.79 Å². The molecule has 0 aliphatic heterocycles. The van der Waals surface area contributed by atoms with Crippen molar-refractivity contribution >= 4 is 5.91 Å². The van der Waals surface area contributed by atoms with Crippen molar-refractivity contribution in [3.8, 4) is 12.3 Å². The Morgan fingerprint density at radius 1 is 1.31 bits per heavy atom. The van der Waals surface area contributed by atoms with Crippen LogP contribution in [0.15, 0.2) is 0 Å². The zero-order valence-electron chi connectivity index (χ0n) is 10.1. The fraction of sp³-hybridized carbons (Fsp3) is 0.786. The van der Waals surface area contributed by atoms with Gasteiger partial charge in [-0.1, -0.05) is 32.1 Å². The number of carbonyl (C=O) groups excluding carboxylic acids is 1. The van der Waals surface area contributed by atoms with E-state index in [2.05, 4.69) is 11.2 Å². The van der Waals surface area contributed by atoms with Gasteiger partial charge in [0, 0.05) is 19.4 Å². The van der Waals surface area contributed by atoms with Gasteiger partial charge in [0.1, 0.15) is 0 Å². The maximum Gasteiger partial charge on any atom is 0.220 e. The molecule has 1 aliphatic carbocycles. The minimum absolute atomic E-state index is 0.0987. The fourth-order valence-corrected chi connectivity index (χ4v) is 2.37. The molecule has 0 aromatic heterocycles. The maximum absolute atomic E-state index is 11.2. The summed E-state index contributed by atoms with van der Waals surface area (Å²) in [7, 11) is 0. The molecule has 1 aliphatic rings. The van der Waals surface area contributed by atoms with E-state index in [0.29, 0.717) is 12.8 Å². The van der Waals surface area contributed by atoms with Crippen LogP contribution in [0, 0.1) is 18.3 Å². The Balaban J connectivity index is 1.94. The fourth-order valence-electron chi connectivity index (χ4n) is 2.37. The van der Waals surface area contributed by atoms with Crippen LogP contribution in [-0.4, -0.2) is 12.5 Å². The van der Waals surface area contributed by atoms with Crippen molar-refractivity contribution in [2.24, 2.45) is 5.92 Å². The minimum atomic E-state index is 0.0987. The van der Waals surface area contributed by atoms with E-state index >= 15 is 0 Å². The minimum Gasteiger partial charge on any atom is -0.356 e. The van der Waals surface area contributed by atoms with Crippen LogP contribution >= 0.6 is 0 Å². The van der Waals surface area contributed by atoms with Crippen molar-refractivity contribution in [1.29, 1.82) is 0 Å². The molecule has 0 aromatic rings. The molecule has 0 radical (unpaired) electrons. The summed E-state index contributed by atoms with van der Waals surface area (Å²) >= 11 is 0. The summed E-state index contributed by atoms with van der Waals surface area (Å²) in [5, 5.41) is 2.92. The second kappa shape index (κ2) is 8.21. The number of nitrogens with one attached hydrogen (secondary N) is 1. The molecular weight excluding hydrogens is 198 g/mol.